The summed E-state index contributed by atoms with van der Waals surface area (Å²) >= 11 is 11.9. The molecular weight excluding hydrogens is 243 g/mol. The van der Waals surface area contributed by atoms with Gasteiger partial charge in [0.15, 0.2) is 0 Å². The van der Waals surface area contributed by atoms with E-state index in [9.17, 15) is 0 Å². The first-order valence-corrected chi connectivity index (χ1v) is 5.59. The highest BCUT2D eigenvalue weighted by Crippen LogP contribution is 2.18. The van der Waals surface area contributed by atoms with E-state index >= 15 is 0 Å². The standard InChI is InChI=1S/C12H10Cl2N2/c13-10-2-1-3-11(6-10)16-7-9-4-5-15-8-12(9)14/h1-6,8,16H,7H2. The van der Waals surface area contributed by atoms with Crippen LogP contribution in [0.15, 0.2) is 42.7 Å². The van der Waals surface area contributed by atoms with Gasteiger partial charge in [0.2, 0.25) is 0 Å². The summed E-state index contributed by atoms with van der Waals surface area (Å²) in [5, 5.41) is 4.62. The van der Waals surface area contributed by atoms with Gasteiger partial charge in [-0.15, -0.1) is 0 Å². The predicted octanol–water partition coefficient (Wildman–Crippen LogP) is 4.00. The average molecular weight is 253 g/mol. The highest BCUT2D eigenvalue weighted by molar-refractivity contribution is 6.31. The minimum absolute atomic E-state index is 0.654. The Hall–Kier alpha value is -1.25. The van der Waals surface area contributed by atoms with Gasteiger partial charge in [-0.3, -0.25) is 4.98 Å². The second-order valence-corrected chi connectivity index (χ2v) is 4.17. The van der Waals surface area contributed by atoms with Gasteiger partial charge in [-0.2, -0.15) is 0 Å². The molecule has 0 saturated carbocycles. The Morgan fingerprint density at radius 3 is 2.81 bits per heavy atom. The van der Waals surface area contributed by atoms with Crippen molar-refractivity contribution < 1.29 is 0 Å². The average Bonchev–Trinajstić information content (AvgIpc) is 2.28. The van der Waals surface area contributed by atoms with Crippen molar-refractivity contribution in [3.8, 4) is 0 Å². The molecule has 1 aromatic heterocycles. The van der Waals surface area contributed by atoms with Gasteiger partial charge < -0.3 is 5.32 Å². The van der Waals surface area contributed by atoms with Crippen LogP contribution in [-0.4, -0.2) is 4.98 Å². The van der Waals surface area contributed by atoms with Crippen LogP contribution in [0.25, 0.3) is 0 Å². The second kappa shape index (κ2) is 5.19. The Morgan fingerprint density at radius 2 is 2.06 bits per heavy atom. The smallest absolute Gasteiger partial charge is 0.0639 e. The van der Waals surface area contributed by atoms with Crippen LogP contribution in [0.5, 0.6) is 0 Å². The fourth-order valence-corrected chi connectivity index (χ4v) is 1.72. The number of aromatic nitrogens is 1. The number of benzene rings is 1. The number of nitrogens with zero attached hydrogens (tertiary/aromatic N) is 1. The number of nitrogens with one attached hydrogen (secondary N) is 1. The molecule has 0 amide bonds. The normalized spacial score (nSPS) is 10.1. The van der Waals surface area contributed by atoms with Crippen molar-refractivity contribution in [3.05, 3.63) is 58.3 Å². The molecule has 1 N–H and O–H groups in total. The van der Waals surface area contributed by atoms with Gasteiger partial charge in [0.25, 0.3) is 0 Å². The number of hydrogen-bond donors (Lipinski definition) is 1. The van der Waals surface area contributed by atoms with Gasteiger partial charge in [0.1, 0.15) is 0 Å². The fraction of sp³-hybridized carbons (Fsp3) is 0.0833. The Morgan fingerprint density at radius 1 is 1.19 bits per heavy atom. The van der Waals surface area contributed by atoms with Gasteiger partial charge in [0.05, 0.1) is 5.02 Å². The lowest BCUT2D eigenvalue weighted by Gasteiger charge is -2.07. The van der Waals surface area contributed by atoms with E-state index in [4.69, 9.17) is 23.2 Å². The van der Waals surface area contributed by atoms with Crippen LogP contribution in [0, 0.1) is 0 Å². The molecule has 2 nitrogen and oxygen atoms in total. The van der Waals surface area contributed by atoms with Crippen molar-refractivity contribution in [2.75, 3.05) is 5.32 Å². The van der Waals surface area contributed by atoms with Crippen molar-refractivity contribution in [3.63, 3.8) is 0 Å². The van der Waals surface area contributed by atoms with E-state index in [1.807, 2.05) is 30.3 Å². The first-order chi connectivity index (χ1) is 7.75. The maximum atomic E-state index is 5.99. The summed E-state index contributed by atoms with van der Waals surface area (Å²) in [6, 6.07) is 9.46. The summed E-state index contributed by atoms with van der Waals surface area (Å²) < 4.78 is 0. The molecule has 0 radical (unpaired) electrons. The number of rotatable bonds is 3. The quantitative estimate of drug-likeness (QED) is 0.894. The highest BCUT2D eigenvalue weighted by atomic mass is 35.5. The van der Waals surface area contributed by atoms with Crippen LogP contribution in [0.4, 0.5) is 5.69 Å². The van der Waals surface area contributed by atoms with E-state index in [0.717, 1.165) is 11.3 Å². The minimum atomic E-state index is 0.654. The van der Waals surface area contributed by atoms with Crippen molar-refractivity contribution >= 4 is 28.9 Å². The first-order valence-electron chi connectivity index (χ1n) is 4.83. The van der Waals surface area contributed by atoms with Crippen molar-refractivity contribution in [2.24, 2.45) is 0 Å². The monoisotopic (exact) mass is 252 g/mol. The molecule has 1 heterocycles. The van der Waals surface area contributed by atoms with E-state index < -0.39 is 0 Å². The second-order valence-electron chi connectivity index (χ2n) is 3.33. The molecule has 0 aliphatic heterocycles. The summed E-state index contributed by atoms with van der Waals surface area (Å²) in [6.07, 6.45) is 3.36. The molecule has 0 atom stereocenters. The topological polar surface area (TPSA) is 24.9 Å². The zero-order chi connectivity index (χ0) is 11.4. The van der Waals surface area contributed by atoms with Gasteiger partial charge in [-0.25, -0.2) is 0 Å². The molecule has 0 fully saturated rings. The van der Waals surface area contributed by atoms with Gasteiger partial charge >= 0.3 is 0 Å². The third kappa shape index (κ3) is 2.87. The van der Waals surface area contributed by atoms with E-state index in [0.29, 0.717) is 16.6 Å². The third-order valence-corrected chi connectivity index (χ3v) is 2.74. The molecule has 1 aromatic carbocycles. The summed E-state index contributed by atoms with van der Waals surface area (Å²) in [7, 11) is 0. The van der Waals surface area contributed by atoms with Gasteiger partial charge in [0, 0.05) is 29.6 Å². The number of hydrogen-bond acceptors (Lipinski definition) is 2. The number of pyridine rings is 1. The van der Waals surface area contributed by atoms with Crippen LogP contribution >= 0.6 is 23.2 Å². The number of halogens is 2. The minimum Gasteiger partial charge on any atom is -0.381 e. The molecule has 16 heavy (non-hydrogen) atoms. The molecule has 0 aliphatic carbocycles. The Bertz CT molecular complexity index is 486. The summed E-state index contributed by atoms with van der Waals surface area (Å²) in [5.41, 5.74) is 1.98. The Kier molecular flexibility index (Phi) is 3.65. The zero-order valence-corrected chi connectivity index (χ0v) is 9.96. The summed E-state index contributed by atoms with van der Waals surface area (Å²) in [5.74, 6) is 0. The van der Waals surface area contributed by atoms with Crippen molar-refractivity contribution in [1.29, 1.82) is 0 Å². The lowest BCUT2D eigenvalue weighted by Crippen LogP contribution is -1.99. The summed E-state index contributed by atoms with van der Waals surface area (Å²) in [6.45, 7) is 0.654. The molecule has 0 spiro atoms. The molecule has 0 unspecified atom stereocenters. The molecule has 82 valence electrons. The first kappa shape index (κ1) is 11.2. The van der Waals surface area contributed by atoms with E-state index in [1.165, 1.54) is 0 Å². The molecule has 2 aromatic rings. The Balaban J connectivity index is 2.05. The molecule has 0 saturated heterocycles. The zero-order valence-electron chi connectivity index (χ0n) is 8.45. The molecule has 0 aliphatic rings. The van der Waals surface area contributed by atoms with E-state index in [2.05, 4.69) is 10.3 Å². The summed E-state index contributed by atoms with van der Waals surface area (Å²) in [4.78, 5) is 3.93. The maximum absolute atomic E-state index is 5.99. The van der Waals surface area contributed by atoms with Crippen molar-refractivity contribution in [1.82, 2.24) is 4.98 Å². The van der Waals surface area contributed by atoms with Crippen LogP contribution in [-0.2, 0) is 6.54 Å². The van der Waals surface area contributed by atoms with E-state index in [-0.39, 0.29) is 0 Å². The maximum Gasteiger partial charge on any atom is 0.0639 e. The van der Waals surface area contributed by atoms with Crippen molar-refractivity contribution in [2.45, 2.75) is 6.54 Å². The van der Waals surface area contributed by atoms with Crippen LogP contribution in [0.1, 0.15) is 5.56 Å². The SMILES string of the molecule is Clc1cccc(NCc2ccncc2Cl)c1. The fourth-order valence-electron chi connectivity index (χ4n) is 1.34. The lowest BCUT2D eigenvalue weighted by atomic mass is 10.2. The predicted molar refractivity (Wildman–Crippen MR) is 68.0 cm³/mol. The highest BCUT2D eigenvalue weighted by Gasteiger charge is 1.99. The molecule has 4 heteroatoms. The molecule has 2 rings (SSSR count). The van der Waals surface area contributed by atoms with Crippen LogP contribution in [0.3, 0.4) is 0 Å². The third-order valence-electron chi connectivity index (χ3n) is 2.16. The number of anilines is 1. The van der Waals surface area contributed by atoms with Crippen LogP contribution in [0.2, 0.25) is 10.0 Å². The molecular formula is C12H10Cl2N2. The van der Waals surface area contributed by atoms with Gasteiger partial charge in [-0.1, -0.05) is 29.3 Å². The largest absolute Gasteiger partial charge is 0.381 e. The van der Waals surface area contributed by atoms with Crippen LogP contribution < -0.4 is 5.32 Å². The lowest BCUT2D eigenvalue weighted by molar-refractivity contribution is 1.13. The Labute approximate surface area is 104 Å². The van der Waals surface area contributed by atoms with E-state index in [1.54, 1.807) is 12.4 Å². The molecule has 0 bridgehead atoms. The van der Waals surface area contributed by atoms with Gasteiger partial charge in [-0.05, 0) is 29.8 Å².